The molecule has 2 aromatic rings. The van der Waals surface area contributed by atoms with E-state index in [0.717, 1.165) is 5.92 Å². The van der Waals surface area contributed by atoms with Gasteiger partial charge in [-0.2, -0.15) is 4.68 Å². The highest BCUT2D eigenvalue weighted by Crippen LogP contribution is 2.39. The second-order valence-electron chi connectivity index (χ2n) is 5.02. The summed E-state index contributed by atoms with van der Waals surface area (Å²) < 4.78 is 38.5. The molecule has 21 heavy (non-hydrogen) atoms. The quantitative estimate of drug-likeness (QED) is 0.579. The molecular weight excluding hydrogens is 296 g/mol. The van der Waals surface area contributed by atoms with Crippen molar-refractivity contribution in [3.63, 3.8) is 0 Å². The molecule has 0 N–H and O–H groups in total. The van der Waals surface area contributed by atoms with E-state index in [-0.39, 0.29) is 0 Å². The van der Waals surface area contributed by atoms with Crippen LogP contribution in [0.1, 0.15) is 24.5 Å². The highest BCUT2D eigenvalue weighted by Gasteiger charge is 2.34. The zero-order valence-corrected chi connectivity index (χ0v) is 12.6. The summed E-state index contributed by atoms with van der Waals surface area (Å²) >= 11 is 0. The van der Waals surface area contributed by atoms with Gasteiger partial charge in [-0.25, -0.2) is 18.6 Å². The van der Waals surface area contributed by atoms with Crippen LogP contribution in [0.4, 0.5) is 0 Å². The van der Waals surface area contributed by atoms with Gasteiger partial charge < -0.3 is 0 Å². The van der Waals surface area contributed by atoms with E-state index in [9.17, 15) is 0 Å². The van der Waals surface area contributed by atoms with Crippen LogP contribution in [0.3, 0.4) is 0 Å². The van der Waals surface area contributed by atoms with Crippen LogP contribution >= 0.6 is 0 Å². The molecule has 0 atom stereocenters. The van der Waals surface area contributed by atoms with E-state index in [1.165, 1.54) is 29.8 Å². The van der Waals surface area contributed by atoms with Crippen LogP contribution in [0.5, 0.6) is 0 Å². The summed E-state index contributed by atoms with van der Waals surface area (Å²) in [6.07, 6.45) is 2.71. The van der Waals surface area contributed by atoms with Crippen molar-refractivity contribution in [2.45, 2.75) is 18.8 Å². The second kappa shape index (κ2) is 6.13. The third-order valence-corrected chi connectivity index (χ3v) is 3.52. The Morgan fingerprint density at radius 1 is 1.10 bits per heavy atom. The lowest BCUT2D eigenvalue weighted by Crippen LogP contribution is -2.68. The first-order valence-corrected chi connectivity index (χ1v) is 7.74. The van der Waals surface area contributed by atoms with Crippen LogP contribution in [0.2, 0.25) is 0 Å². The molecule has 7 heteroatoms. The minimum atomic E-state index is -4.94. The van der Waals surface area contributed by atoms with Crippen LogP contribution < -0.4 is 23.3 Å². The van der Waals surface area contributed by atoms with Gasteiger partial charge in [0.15, 0.2) is 7.05 Å². The van der Waals surface area contributed by atoms with E-state index < -0.39 is 10.2 Å². The summed E-state index contributed by atoms with van der Waals surface area (Å²) in [5.74, 6) is 0.800. The molecule has 1 aromatic heterocycles. The van der Waals surface area contributed by atoms with Crippen LogP contribution in [-0.2, 0) is 14.1 Å². The third kappa shape index (κ3) is 4.52. The Labute approximate surface area is 125 Å². The first kappa shape index (κ1) is 15.9. The fourth-order valence-corrected chi connectivity index (χ4v) is 2.30. The lowest BCUT2D eigenvalue weighted by Gasteiger charge is -2.17. The summed E-state index contributed by atoms with van der Waals surface area (Å²) in [5, 5.41) is 0. The van der Waals surface area contributed by atoms with Crippen LogP contribution in [0.15, 0.2) is 36.4 Å². The van der Waals surface area contributed by atoms with Gasteiger partial charge in [0.05, 0.1) is 7.05 Å². The van der Waals surface area contributed by atoms with E-state index in [1.54, 1.807) is 0 Å². The predicted octanol–water partition coefficient (Wildman–Crippen LogP) is -2.36. The molecule has 0 spiro atoms. The Bertz CT molecular complexity index is 597. The number of hydrogen-bond acceptors (Lipinski definition) is 4. The molecule has 1 aliphatic carbocycles. The van der Waals surface area contributed by atoms with Gasteiger partial charge in [0.2, 0.25) is 5.69 Å². The Morgan fingerprint density at radius 2 is 1.62 bits per heavy atom. The molecule has 1 aliphatic rings. The van der Waals surface area contributed by atoms with Crippen molar-refractivity contribution in [2.75, 3.05) is 0 Å². The number of nitrogens with zero attached hydrogens (tertiary/aromatic N) is 2. The fourth-order valence-electron chi connectivity index (χ4n) is 2.30. The van der Waals surface area contributed by atoms with E-state index >= 15 is 0 Å². The lowest BCUT2D eigenvalue weighted by atomic mass is 10.1. The van der Waals surface area contributed by atoms with Crippen LogP contribution in [-0.4, -0.2) is 4.68 Å². The van der Waals surface area contributed by atoms with Crippen molar-refractivity contribution in [2.24, 2.45) is 14.1 Å². The van der Waals surface area contributed by atoms with Gasteiger partial charge in [-0.05, 0) is 12.8 Å². The molecule has 0 amide bonds. The average molecular weight is 313 g/mol. The fraction of sp³-hybridized carbons (Fsp3) is 0.357. The summed E-state index contributed by atoms with van der Waals surface area (Å²) in [6, 6.07) is 12.9. The van der Waals surface area contributed by atoms with Gasteiger partial charge >= 0.3 is 0 Å². The molecule has 0 aliphatic heterocycles. The highest BCUT2D eigenvalue weighted by molar-refractivity contribution is 5.59. The lowest BCUT2D eigenvalue weighted by molar-refractivity contribution is -2.00. The number of aromatic nitrogens is 2. The molecule has 0 saturated heterocycles. The molecule has 1 saturated carbocycles. The summed E-state index contributed by atoms with van der Waals surface area (Å²) in [6.45, 7) is 0. The van der Waals surface area contributed by atoms with E-state index in [2.05, 4.69) is 59.9 Å². The molecule has 1 heterocycles. The molecule has 0 bridgehead atoms. The number of hydrogen-bond donors (Lipinski definition) is 0. The van der Waals surface area contributed by atoms with Crippen molar-refractivity contribution < 1.29 is 33.6 Å². The van der Waals surface area contributed by atoms with Crippen molar-refractivity contribution in [3.8, 4) is 11.3 Å². The average Bonchev–Trinajstić information content (AvgIpc) is 3.18. The first-order valence-electron chi connectivity index (χ1n) is 6.50. The minimum absolute atomic E-state index is 0.800. The van der Waals surface area contributed by atoms with Crippen LogP contribution in [0.25, 0.3) is 11.3 Å². The number of rotatable bonds is 2. The number of benzene rings is 1. The van der Waals surface area contributed by atoms with Crippen molar-refractivity contribution in [3.05, 3.63) is 42.1 Å². The first-order chi connectivity index (χ1) is 9.77. The summed E-state index contributed by atoms with van der Waals surface area (Å²) in [7, 11) is -0.658. The van der Waals surface area contributed by atoms with Crippen molar-refractivity contribution in [1.82, 2.24) is 4.68 Å². The SMILES string of the molecule is Cn1c(-c2ccccc2)cc(C2CC2)[n+]1C.[O-][Cl+3]([O-])([O-])[O-]. The van der Waals surface area contributed by atoms with Gasteiger partial charge in [-0.1, -0.05) is 30.3 Å². The maximum Gasteiger partial charge on any atom is 0.211 e. The maximum absolute atomic E-state index is 8.49. The summed E-state index contributed by atoms with van der Waals surface area (Å²) in [4.78, 5) is 0. The molecule has 1 aromatic carbocycles. The molecular formula is C14H17ClN2O4. The highest BCUT2D eigenvalue weighted by atomic mass is 35.7. The third-order valence-electron chi connectivity index (χ3n) is 3.52. The molecule has 0 unspecified atom stereocenters. The van der Waals surface area contributed by atoms with Crippen molar-refractivity contribution in [1.29, 1.82) is 0 Å². The monoisotopic (exact) mass is 312 g/mol. The Balaban J connectivity index is 0.000000282. The van der Waals surface area contributed by atoms with Gasteiger partial charge in [-0.15, -0.1) is 14.9 Å². The Morgan fingerprint density at radius 3 is 2.10 bits per heavy atom. The topological polar surface area (TPSA) is 101 Å². The van der Waals surface area contributed by atoms with E-state index in [1.807, 2.05) is 0 Å². The normalized spacial score (nSPS) is 14.6. The van der Waals surface area contributed by atoms with Crippen LogP contribution in [0, 0.1) is 10.2 Å². The second-order valence-corrected chi connectivity index (χ2v) is 5.78. The van der Waals surface area contributed by atoms with Gasteiger partial charge in [0, 0.05) is 17.5 Å². The predicted molar refractivity (Wildman–Crippen MR) is 64.0 cm³/mol. The zero-order chi connectivity index (χ0) is 15.6. The molecule has 1 fully saturated rings. The molecule has 3 rings (SSSR count). The van der Waals surface area contributed by atoms with Gasteiger partial charge in [-0.3, -0.25) is 0 Å². The van der Waals surface area contributed by atoms with E-state index in [0.29, 0.717) is 0 Å². The smallest absolute Gasteiger partial charge is 0.211 e. The Hall–Kier alpha value is -1.44. The number of halogens is 1. The Kier molecular flexibility index (Phi) is 4.65. The van der Waals surface area contributed by atoms with Gasteiger partial charge in [0.25, 0.3) is 0 Å². The van der Waals surface area contributed by atoms with E-state index in [4.69, 9.17) is 18.6 Å². The maximum atomic E-state index is 8.49. The standard InChI is InChI=1S/C14H17N2.ClHO4/c1-15-13(11-6-4-3-5-7-11)10-14(16(15)2)12-8-9-12;2-1(3,4)5/h3-7,10,12H,8-9H2,1-2H3;(H,2,3,4,5)/q+1;/p-1. The zero-order valence-electron chi connectivity index (χ0n) is 11.9. The minimum Gasteiger partial charge on any atom is -0.222 e. The molecule has 0 radical (unpaired) electrons. The largest absolute Gasteiger partial charge is 0.222 e. The van der Waals surface area contributed by atoms with Gasteiger partial charge in [0.1, 0.15) is 5.69 Å². The van der Waals surface area contributed by atoms with Crippen molar-refractivity contribution >= 4 is 0 Å². The summed E-state index contributed by atoms with van der Waals surface area (Å²) in [5.41, 5.74) is 4.08. The molecule has 6 nitrogen and oxygen atoms in total. The molecule has 114 valence electrons.